The van der Waals surface area contributed by atoms with Gasteiger partial charge in [-0.3, -0.25) is 9.59 Å². The lowest BCUT2D eigenvalue weighted by molar-refractivity contribution is 0.0754. The van der Waals surface area contributed by atoms with E-state index >= 15 is 0 Å². The quantitative estimate of drug-likeness (QED) is 0.799. The van der Waals surface area contributed by atoms with Crippen LogP contribution in [0.1, 0.15) is 39.1 Å². The third kappa shape index (κ3) is 4.10. The normalized spacial score (nSPS) is 21.4. The first-order chi connectivity index (χ1) is 13.1. The molecular weight excluding hydrogens is 379 g/mol. The molecule has 6 heteroatoms. The zero-order chi connectivity index (χ0) is 18.8. The van der Waals surface area contributed by atoms with E-state index in [2.05, 4.69) is 5.32 Å². The maximum Gasteiger partial charge on any atom is 0.254 e. The molecule has 2 aromatic carbocycles. The van der Waals surface area contributed by atoms with Gasteiger partial charge in [0.15, 0.2) is 5.78 Å². The Morgan fingerprint density at radius 2 is 1.46 bits per heavy atom. The van der Waals surface area contributed by atoms with Crippen LogP contribution in [-0.4, -0.2) is 42.8 Å². The first-order valence-electron chi connectivity index (χ1n) is 9.53. The van der Waals surface area contributed by atoms with Crippen molar-refractivity contribution in [1.29, 1.82) is 0 Å². The van der Waals surface area contributed by atoms with Crippen LogP contribution in [0.2, 0.25) is 0 Å². The van der Waals surface area contributed by atoms with Crippen molar-refractivity contribution >= 4 is 24.1 Å². The number of amides is 1. The van der Waals surface area contributed by atoms with E-state index in [0.29, 0.717) is 28.5 Å². The van der Waals surface area contributed by atoms with Crippen LogP contribution in [0.25, 0.3) is 0 Å². The zero-order valence-corrected chi connectivity index (χ0v) is 16.4. The second kappa shape index (κ2) is 8.84. The molecule has 148 valence electrons. The molecule has 4 rings (SSSR count). The first kappa shape index (κ1) is 20.5. The number of fused-ring (bicyclic) bond motifs is 1. The van der Waals surface area contributed by atoms with Gasteiger partial charge >= 0.3 is 0 Å². The average Bonchev–Trinajstić information content (AvgIpc) is 3.06. The minimum atomic E-state index is -0.388. The number of hydrogen-bond donors (Lipinski definition) is 1. The van der Waals surface area contributed by atoms with E-state index in [4.69, 9.17) is 0 Å². The summed E-state index contributed by atoms with van der Waals surface area (Å²) in [6.07, 6.45) is 2.00. The molecule has 1 amide bonds. The number of likely N-dealkylation sites (tertiary alicyclic amines) is 1. The summed E-state index contributed by atoms with van der Waals surface area (Å²) in [4.78, 5) is 28.0. The number of carbonyl (C=O) groups is 2. The number of benzene rings is 2. The monoisotopic (exact) mass is 402 g/mol. The summed E-state index contributed by atoms with van der Waals surface area (Å²) in [6.45, 7) is 3.51. The van der Waals surface area contributed by atoms with E-state index in [-0.39, 0.29) is 29.9 Å². The summed E-state index contributed by atoms with van der Waals surface area (Å²) in [6, 6.07) is 12.4. The minimum absolute atomic E-state index is 0. The Morgan fingerprint density at radius 3 is 2.07 bits per heavy atom. The molecule has 1 N–H and O–H groups in total. The van der Waals surface area contributed by atoms with Crippen LogP contribution in [0.15, 0.2) is 48.5 Å². The van der Waals surface area contributed by atoms with Crippen molar-refractivity contribution < 1.29 is 14.0 Å². The smallest absolute Gasteiger partial charge is 0.254 e. The summed E-state index contributed by atoms with van der Waals surface area (Å²) in [5, 5.41) is 3.44. The van der Waals surface area contributed by atoms with Gasteiger partial charge in [-0.2, -0.15) is 0 Å². The lowest BCUT2D eigenvalue weighted by Crippen LogP contribution is -2.33. The summed E-state index contributed by atoms with van der Waals surface area (Å²) in [5.74, 6) is 0.544. The molecule has 2 fully saturated rings. The van der Waals surface area contributed by atoms with Crippen LogP contribution in [-0.2, 0) is 0 Å². The number of nitrogens with zero attached hydrogens (tertiary/aromatic N) is 1. The number of rotatable bonds is 3. The highest BCUT2D eigenvalue weighted by atomic mass is 35.5. The number of halogens is 2. The van der Waals surface area contributed by atoms with Gasteiger partial charge in [-0.25, -0.2) is 4.39 Å². The Balaban J connectivity index is 0.00000225. The van der Waals surface area contributed by atoms with E-state index in [1.54, 1.807) is 24.3 Å². The van der Waals surface area contributed by atoms with Gasteiger partial charge in [-0.05, 0) is 68.1 Å². The van der Waals surface area contributed by atoms with Gasteiger partial charge in [0.25, 0.3) is 5.91 Å². The molecule has 0 saturated carbocycles. The molecule has 0 unspecified atom stereocenters. The summed E-state index contributed by atoms with van der Waals surface area (Å²) in [7, 11) is 0. The van der Waals surface area contributed by atoms with Crippen molar-refractivity contribution in [2.24, 2.45) is 11.8 Å². The van der Waals surface area contributed by atoms with Gasteiger partial charge in [-0.15, -0.1) is 12.4 Å². The Hall–Kier alpha value is -2.24. The predicted molar refractivity (Wildman–Crippen MR) is 109 cm³/mol. The SMILES string of the molecule is Cl.O=C(c1ccc(F)cc1)c1ccccc1C(=O)N1CC[C@@H]2CNC[C@@H]2CC1. The highest BCUT2D eigenvalue weighted by Gasteiger charge is 2.32. The molecule has 2 aromatic rings. The fraction of sp³-hybridized carbons (Fsp3) is 0.364. The molecule has 2 saturated heterocycles. The highest BCUT2D eigenvalue weighted by molar-refractivity contribution is 6.15. The summed E-state index contributed by atoms with van der Waals surface area (Å²) < 4.78 is 13.2. The molecule has 0 aromatic heterocycles. The fourth-order valence-electron chi connectivity index (χ4n) is 4.22. The second-order valence-electron chi connectivity index (χ2n) is 7.43. The minimum Gasteiger partial charge on any atom is -0.339 e. The van der Waals surface area contributed by atoms with E-state index < -0.39 is 0 Å². The topological polar surface area (TPSA) is 49.4 Å². The van der Waals surface area contributed by atoms with Gasteiger partial charge in [0.1, 0.15) is 5.82 Å². The van der Waals surface area contributed by atoms with Crippen molar-refractivity contribution in [3.63, 3.8) is 0 Å². The molecule has 0 radical (unpaired) electrons. The Bertz CT molecular complexity index is 842. The van der Waals surface area contributed by atoms with Gasteiger partial charge in [0.05, 0.1) is 5.56 Å². The van der Waals surface area contributed by atoms with Crippen molar-refractivity contribution in [3.05, 3.63) is 71.0 Å². The van der Waals surface area contributed by atoms with E-state index in [9.17, 15) is 14.0 Å². The van der Waals surface area contributed by atoms with Gasteiger partial charge in [0.2, 0.25) is 0 Å². The predicted octanol–water partition coefficient (Wildman–Crippen LogP) is 3.55. The lowest BCUT2D eigenvalue weighted by atomic mass is 9.92. The molecule has 0 aliphatic carbocycles. The third-order valence-corrected chi connectivity index (χ3v) is 5.82. The summed E-state index contributed by atoms with van der Waals surface area (Å²) >= 11 is 0. The van der Waals surface area contributed by atoms with Gasteiger partial charge in [-0.1, -0.05) is 18.2 Å². The maximum atomic E-state index is 13.2. The number of ketones is 1. The molecular formula is C22H24ClFN2O2. The van der Waals surface area contributed by atoms with Gasteiger partial charge in [0, 0.05) is 24.2 Å². The lowest BCUT2D eigenvalue weighted by Gasteiger charge is -2.22. The van der Waals surface area contributed by atoms with Gasteiger partial charge < -0.3 is 10.2 Å². The molecule has 2 heterocycles. The molecule has 2 atom stereocenters. The van der Waals surface area contributed by atoms with Crippen LogP contribution in [0, 0.1) is 17.7 Å². The second-order valence-corrected chi connectivity index (χ2v) is 7.43. The molecule has 0 bridgehead atoms. The number of nitrogens with one attached hydrogen (secondary N) is 1. The number of hydrogen-bond acceptors (Lipinski definition) is 3. The molecule has 0 spiro atoms. The van der Waals surface area contributed by atoms with Crippen molar-refractivity contribution in [1.82, 2.24) is 10.2 Å². The maximum absolute atomic E-state index is 13.2. The Kier molecular flexibility index (Phi) is 6.47. The van der Waals surface area contributed by atoms with E-state index in [1.807, 2.05) is 4.90 Å². The van der Waals surface area contributed by atoms with Crippen molar-refractivity contribution in [3.8, 4) is 0 Å². The Labute approximate surface area is 170 Å². The van der Waals surface area contributed by atoms with Crippen LogP contribution in [0.4, 0.5) is 4.39 Å². The van der Waals surface area contributed by atoms with Crippen molar-refractivity contribution in [2.75, 3.05) is 26.2 Å². The van der Waals surface area contributed by atoms with Crippen LogP contribution < -0.4 is 5.32 Å². The standard InChI is InChI=1S/C22H23FN2O2.ClH/c23-18-7-5-15(6-8-18)21(26)19-3-1-2-4-20(19)22(27)25-11-9-16-13-24-14-17(16)10-12-25;/h1-8,16-17,24H,9-14H2;1H/t16-,17+;. The van der Waals surface area contributed by atoms with E-state index in [0.717, 1.165) is 39.0 Å². The first-order valence-corrected chi connectivity index (χ1v) is 9.53. The molecule has 2 aliphatic heterocycles. The van der Waals surface area contributed by atoms with Crippen LogP contribution in [0.3, 0.4) is 0 Å². The van der Waals surface area contributed by atoms with Crippen LogP contribution in [0.5, 0.6) is 0 Å². The van der Waals surface area contributed by atoms with Crippen molar-refractivity contribution in [2.45, 2.75) is 12.8 Å². The van der Waals surface area contributed by atoms with Crippen LogP contribution >= 0.6 is 12.4 Å². The summed E-state index contributed by atoms with van der Waals surface area (Å²) in [5.41, 5.74) is 1.19. The third-order valence-electron chi connectivity index (χ3n) is 5.82. The number of carbonyl (C=O) groups excluding carboxylic acids is 2. The zero-order valence-electron chi connectivity index (χ0n) is 15.6. The molecule has 4 nitrogen and oxygen atoms in total. The fourth-order valence-corrected chi connectivity index (χ4v) is 4.22. The van der Waals surface area contributed by atoms with E-state index in [1.165, 1.54) is 24.3 Å². The highest BCUT2D eigenvalue weighted by Crippen LogP contribution is 2.28. The molecule has 28 heavy (non-hydrogen) atoms. The molecule has 2 aliphatic rings. The average molecular weight is 403 g/mol. The largest absolute Gasteiger partial charge is 0.339 e. The Morgan fingerprint density at radius 1 is 0.893 bits per heavy atom.